The lowest BCUT2D eigenvalue weighted by Gasteiger charge is -2.22. The SMILES string of the molecule is CC(=O)CC(CCCC1CCCCC1)c1nc(C(N)=O)no1. The first-order valence-corrected chi connectivity index (χ1v) is 8.19. The number of carbonyl (C=O) groups excluding carboxylic acids is 2. The number of carbonyl (C=O) groups is 2. The minimum Gasteiger partial charge on any atom is -0.363 e. The van der Waals surface area contributed by atoms with Gasteiger partial charge in [0.05, 0.1) is 0 Å². The molecule has 1 aliphatic rings. The maximum Gasteiger partial charge on any atom is 0.290 e. The predicted octanol–water partition coefficient (Wildman–Crippen LogP) is 2.98. The van der Waals surface area contributed by atoms with E-state index in [1.165, 1.54) is 38.5 Å². The molecule has 0 saturated heterocycles. The average Bonchev–Trinajstić information content (AvgIpc) is 2.97. The first-order chi connectivity index (χ1) is 10.6. The van der Waals surface area contributed by atoms with Crippen molar-refractivity contribution < 1.29 is 14.1 Å². The van der Waals surface area contributed by atoms with Gasteiger partial charge in [0.2, 0.25) is 5.89 Å². The summed E-state index contributed by atoms with van der Waals surface area (Å²) in [6, 6.07) is 0. The van der Waals surface area contributed by atoms with Gasteiger partial charge in [-0.05, 0) is 19.3 Å². The van der Waals surface area contributed by atoms with Gasteiger partial charge in [0.1, 0.15) is 5.78 Å². The van der Waals surface area contributed by atoms with Crippen LogP contribution in [0.4, 0.5) is 0 Å². The van der Waals surface area contributed by atoms with Crippen LogP contribution in [0.25, 0.3) is 0 Å². The van der Waals surface area contributed by atoms with Gasteiger partial charge in [-0.25, -0.2) is 0 Å². The molecule has 1 aromatic rings. The molecule has 1 amide bonds. The number of nitrogens with two attached hydrogens (primary N) is 1. The molecule has 2 N–H and O–H groups in total. The Hall–Kier alpha value is -1.72. The third-order valence-electron chi connectivity index (χ3n) is 4.43. The van der Waals surface area contributed by atoms with Gasteiger partial charge in [-0.3, -0.25) is 4.79 Å². The lowest BCUT2D eigenvalue weighted by atomic mass is 9.84. The van der Waals surface area contributed by atoms with Crippen LogP contribution in [0.5, 0.6) is 0 Å². The molecule has 2 rings (SSSR count). The number of nitrogens with zero attached hydrogens (tertiary/aromatic N) is 2. The second-order valence-electron chi connectivity index (χ2n) is 6.36. The van der Waals surface area contributed by atoms with E-state index in [2.05, 4.69) is 10.1 Å². The molecular formula is C16H25N3O3. The van der Waals surface area contributed by atoms with Crippen LogP contribution < -0.4 is 5.73 Å². The molecule has 1 aromatic heterocycles. The Labute approximate surface area is 130 Å². The molecule has 1 aliphatic carbocycles. The highest BCUT2D eigenvalue weighted by molar-refractivity contribution is 5.88. The first-order valence-electron chi connectivity index (χ1n) is 8.19. The lowest BCUT2D eigenvalue weighted by molar-refractivity contribution is -0.117. The number of ketones is 1. The van der Waals surface area contributed by atoms with Crippen LogP contribution in [0.15, 0.2) is 4.52 Å². The van der Waals surface area contributed by atoms with Crippen molar-refractivity contribution in [2.75, 3.05) is 0 Å². The molecule has 1 heterocycles. The summed E-state index contributed by atoms with van der Waals surface area (Å²) in [7, 11) is 0. The zero-order valence-corrected chi connectivity index (χ0v) is 13.2. The molecular weight excluding hydrogens is 282 g/mol. The van der Waals surface area contributed by atoms with Crippen molar-refractivity contribution in [1.29, 1.82) is 0 Å². The second kappa shape index (κ2) is 8.06. The van der Waals surface area contributed by atoms with Crippen molar-refractivity contribution in [3.8, 4) is 0 Å². The molecule has 1 saturated carbocycles. The molecule has 22 heavy (non-hydrogen) atoms. The maximum atomic E-state index is 11.5. The molecule has 6 heteroatoms. The third-order valence-corrected chi connectivity index (χ3v) is 4.43. The van der Waals surface area contributed by atoms with Crippen molar-refractivity contribution in [3.63, 3.8) is 0 Å². The summed E-state index contributed by atoms with van der Waals surface area (Å²) in [5.74, 6) is 0.320. The van der Waals surface area contributed by atoms with Crippen molar-refractivity contribution >= 4 is 11.7 Å². The van der Waals surface area contributed by atoms with E-state index in [4.69, 9.17) is 10.3 Å². The van der Waals surface area contributed by atoms with Crippen LogP contribution in [-0.4, -0.2) is 21.8 Å². The van der Waals surface area contributed by atoms with E-state index in [-0.39, 0.29) is 17.5 Å². The summed E-state index contributed by atoms with van der Waals surface area (Å²) in [6.07, 6.45) is 10.1. The van der Waals surface area contributed by atoms with E-state index in [0.717, 1.165) is 18.8 Å². The minimum absolute atomic E-state index is 0.0847. The van der Waals surface area contributed by atoms with Crippen molar-refractivity contribution in [2.24, 2.45) is 11.7 Å². The molecule has 0 aromatic carbocycles. The quantitative estimate of drug-likeness (QED) is 0.796. The molecule has 1 fully saturated rings. The van der Waals surface area contributed by atoms with Gasteiger partial charge in [-0.15, -0.1) is 0 Å². The fraction of sp³-hybridized carbons (Fsp3) is 0.750. The molecule has 0 spiro atoms. The Bertz CT molecular complexity index is 506. The molecule has 1 unspecified atom stereocenters. The minimum atomic E-state index is -0.709. The molecule has 0 aliphatic heterocycles. The first kappa shape index (κ1) is 16.6. The fourth-order valence-electron chi connectivity index (χ4n) is 3.29. The predicted molar refractivity (Wildman–Crippen MR) is 81.3 cm³/mol. The Morgan fingerprint density at radius 1 is 1.32 bits per heavy atom. The molecule has 6 nitrogen and oxygen atoms in total. The Kier molecular flexibility index (Phi) is 6.10. The van der Waals surface area contributed by atoms with Crippen LogP contribution in [0.1, 0.15) is 87.1 Å². The number of hydrogen-bond acceptors (Lipinski definition) is 5. The van der Waals surface area contributed by atoms with Gasteiger partial charge < -0.3 is 15.1 Å². The summed E-state index contributed by atoms with van der Waals surface area (Å²) >= 11 is 0. The standard InChI is InChI=1S/C16H25N3O3/c1-11(20)10-13(16-18-15(14(17)21)19-22-16)9-5-8-12-6-3-2-4-7-12/h12-13H,2-10H2,1H3,(H2,17,21). The summed E-state index contributed by atoms with van der Waals surface area (Å²) in [6.45, 7) is 1.56. The van der Waals surface area contributed by atoms with Crippen LogP contribution >= 0.6 is 0 Å². The molecule has 1 atom stereocenters. The zero-order valence-electron chi connectivity index (χ0n) is 13.2. The monoisotopic (exact) mass is 307 g/mol. The van der Waals surface area contributed by atoms with Gasteiger partial charge in [-0.2, -0.15) is 4.98 Å². The second-order valence-corrected chi connectivity index (χ2v) is 6.36. The number of rotatable bonds is 8. The van der Waals surface area contributed by atoms with Crippen LogP contribution in [0.3, 0.4) is 0 Å². The number of Topliss-reactive ketones (excluding diaryl/α,β-unsaturated/α-hetero) is 1. The van der Waals surface area contributed by atoms with E-state index < -0.39 is 5.91 Å². The summed E-state index contributed by atoms with van der Waals surface area (Å²) in [5.41, 5.74) is 5.14. The normalized spacial score (nSPS) is 17.3. The van der Waals surface area contributed by atoms with Gasteiger partial charge in [0.25, 0.3) is 11.7 Å². The van der Waals surface area contributed by atoms with E-state index in [1.54, 1.807) is 6.92 Å². The van der Waals surface area contributed by atoms with E-state index in [0.29, 0.717) is 12.3 Å². The number of hydrogen-bond donors (Lipinski definition) is 1. The van der Waals surface area contributed by atoms with Crippen molar-refractivity contribution in [2.45, 2.75) is 70.6 Å². The maximum absolute atomic E-state index is 11.5. The number of amides is 1. The van der Waals surface area contributed by atoms with E-state index in [1.807, 2.05) is 0 Å². The van der Waals surface area contributed by atoms with E-state index in [9.17, 15) is 9.59 Å². The van der Waals surface area contributed by atoms with Gasteiger partial charge in [-0.1, -0.05) is 50.1 Å². The van der Waals surface area contributed by atoms with Crippen molar-refractivity contribution in [1.82, 2.24) is 10.1 Å². The molecule has 0 radical (unpaired) electrons. The van der Waals surface area contributed by atoms with Gasteiger partial charge in [0, 0.05) is 12.3 Å². The van der Waals surface area contributed by atoms with Crippen LogP contribution in [0.2, 0.25) is 0 Å². The topological polar surface area (TPSA) is 99.1 Å². The summed E-state index contributed by atoms with van der Waals surface area (Å²) in [5, 5.41) is 3.57. The van der Waals surface area contributed by atoms with Crippen LogP contribution in [0, 0.1) is 5.92 Å². The number of primary amides is 1. The smallest absolute Gasteiger partial charge is 0.290 e. The third kappa shape index (κ3) is 4.93. The largest absolute Gasteiger partial charge is 0.363 e. The van der Waals surface area contributed by atoms with Crippen molar-refractivity contribution in [3.05, 3.63) is 11.7 Å². The zero-order chi connectivity index (χ0) is 15.9. The average molecular weight is 307 g/mol. The Morgan fingerprint density at radius 2 is 2.05 bits per heavy atom. The van der Waals surface area contributed by atoms with Gasteiger partial charge in [0.15, 0.2) is 0 Å². The summed E-state index contributed by atoms with van der Waals surface area (Å²) < 4.78 is 5.12. The highest BCUT2D eigenvalue weighted by atomic mass is 16.5. The highest BCUT2D eigenvalue weighted by Gasteiger charge is 2.23. The molecule has 0 bridgehead atoms. The number of aromatic nitrogens is 2. The molecule has 122 valence electrons. The summed E-state index contributed by atoms with van der Waals surface area (Å²) in [4.78, 5) is 26.5. The Balaban J connectivity index is 1.90. The lowest BCUT2D eigenvalue weighted by Crippen LogP contribution is -2.13. The van der Waals surface area contributed by atoms with E-state index >= 15 is 0 Å². The van der Waals surface area contributed by atoms with Gasteiger partial charge >= 0.3 is 0 Å². The highest BCUT2D eigenvalue weighted by Crippen LogP contribution is 2.31. The Morgan fingerprint density at radius 3 is 2.64 bits per heavy atom. The fourth-order valence-corrected chi connectivity index (χ4v) is 3.29. The van der Waals surface area contributed by atoms with Crippen LogP contribution in [-0.2, 0) is 4.79 Å².